The number of carboxylic acid groups (broad SMARTS) is 1. The van der Waals surface area contributed by atoms with Gasteiger partial charge in [-0.25, -0.2) is 9.59 Å². The number of hydrogen-bond donors (Lipinski definition) is 3. The average molecular weight is 269 g/mol. The van der Waals surface area contributed by atoms with Crippen molar-refractivity contribution in [1.29, 1.82) is 0 Å². The van der Waals surface area contributed by atoms with Gasteiger partial charge in [0.25, 0.3) is 0 Å². The van der Waals surface area contributed by atoms with Crippen LogP contribution in [0.5, 0.6) is 0 Å². The lowest BCUT2D eigenvalue weighted by atomic mass is 10.1. The van der Waals surface area contributed by atoms with E-state index in [0.717, 1.165) is 12.0 Å². The summed E-state index contributed by atoms with van der Waals surface area (Å²) < 4.78 is 0. The van der Waals surface area contributed by atoms with Crippen molar-refractivity contribution in [1.82, 2.24) is 10.2 Å². The fraction of sp³-hybridized carbons (Fsp3) is 0.583. The van der Waals surface area contributed by atoms with Crippen LogP contribution in [0.25, 0.3) is 0 Å². The molecule has 106 valence electrons. The Morgan fingerprint density at radius 2 is 2.21 bits per heavy atom. The molecule has 0 unspecified atom stereocenters. The number of hydrogen-bond acceptors (Lipinski definition) is 3. The number of urea groups is 1. The quantitative estimate of drug-likeness (QED) is 0.613. The summed E-state index contributed by atoms with van der Waals surface area (Å²) in [5.41, 5.74) is 6.04. The second-order valence-electron chi connectivity index (χ2n) is 4.61. The van der Waals surface area contributed by atoms with E-state index >= 15 is 0 Å². The van der Waals surface area contributed by atoms with Crippen LogP contribution < -0.4 is 11.1 Å². The van der Waals surface area contributed by atoms with Crippen molar-refractivity contribution in [2.24, 2.45) is 5.73 Å². The molecule has 0 bridgehead atoms. The summed E-state index contributed by atoms with van der Waals surface area (Å²) in [6.07, 6.45) is 2.74. The van der Waals surface area contributed by atoms with Crippen LogP contribution in [-0.4, -0.2) is 47.0 Å². The van der Waals surface area contributed by atoms with Crippen molar-refractivity contribution in [3.05, 3.63) is 11.6 Å². The van der Waals surface area contributed by atoms with Gasteiger partial charge in [-0.15, -0.1) is 0 Å². The van der Waals surface area contributed by atoms with Crippen LogP contribution in [0.2, 0.25) is 0 Å². The second-order valence-corrected chi connectivity index (χ2v) is 4.61. The Hall–Kier alpha value is -2.05. The van der Waals surface area contributed by atoms with Gasteiger partial charge in [0.2, 0.25) is 5.91 Å². The van der Waals surface area contributed by atoms with Gasteiger partial charge in [-0.3, -0.25) is 4.79 Å². The zero-order chi connectivity index (χ0) is 14.4. The molecule has 0 saturated heterocycles. The maximum Gasteiger partial charge on any atom is 0.326 e. The summed E-state index contributed by atoms with van der Waals surface area (Å²) in [5.74, 6) is -1.75. The van der Waals surface area contributed by atoms with Crippen molar-refractivity contribution in [2.45, 2.75) is 32.2 Å². The minimum absolute atomic E-state index is 0.000925. The second kappa shape index (κ2) is 6.77. The van der Waals surface area contributed by atoms with Crippen LogP contribution in [-0.2, 0) is 9.59 Å². The maximum atomic E-state index is 11.9. The molecule has 0 aromatic carbocycles. The number of nitrogens with two attached hydrogens (primary N) is 1. The third-order valence-corrected chi connectivity index (χ3v) is 2.89. The van der Waals surface area contributed by atoms with Crippen molar-refractivity contribution in [3.63, 3.8) is 0 Å². The molecular formula is C12H19N3O4. The van der Waals surface area contributed by atoms with Gasteiger partial charge in [0.05, 0.1) is 0 Å². The molecule has 0 aromatic heterocycles. The average Bonchev–Trinajstić information content (AvgIpc) is 2.33. The minimum Gasteiger partial charge on any atom is -0.480 e. The number of carbonyl (C=O) groups excluding carboxylic acids is 2. The van der Waals surface area contributed by atoms with Crippen LogP contribution in [0.1, 0.15) is 26.2 Å². The van der Waals surface area contributed by atoms with Gasteiger partial charge >= 0.3 is 12.0 Å². The zero-order valence-corrected chi connectivity index (χ0v) is 10.9. The van der Waals surface area contributed by atoms with Crippen LogP contribution >= 0.6 is 0 Å². The molecule has 7 nitrogen and oxygen atoms in total. The largest absolute Gasteiger partial charge is 0.480 e. The van der Waals surface area contributed by atoms with Crippen molar-refractivity contribution < 1.29 is 19.5 Å². The van der Waals surface area contributed by atoms with Crippen LogP contribution in [0.3, 0.4) is 0 Å². The van der Waals surface area contributed by atoms with Crippen LogP contribution in [0.15, 0.2) is 11.6 Å². The van der Waals surface area contributed by atoms with Gasteiger partial charge in [0.1, 0.15) is 6.04 Å². The number of primary amides is 1. The molecule has 0 radical (unpaired) electrons. The maximum absolute atomic E-state index is 11.9. The highest BCUT2D eigenvalue weighted by Crippen LogP contribution is 2.09. The molecule has 4 N–H and O–H groups in total. The Morgan fingerprint density at radius 3 is 2.74 bits per heavy atom. The first-order chi connectivity index (χ1) is 8.90. The molecule has 3 amide bonds. The molecule has 19 heavy (non-hydrogen) atoms. The van der Waals surface area contributed by atoms with E-state index in [4.69, 9.17) is 10.8 Å². The molecule has 0 aromatic rings. The van der Waals surface area contributed by atoms with Crippen molar-refractivity contribution in [2.75, 3.05) is 13.1 Å². The van der Waals surface area contributed by atoms with E-state index in [0.29, 0.717) is 13.1 Å². The summed E-state index contributed by atoms with van der Waals surface area (Å²) in [5, 5.41) is 11.4. The van der Waals surface area contributed by atoms with Crippen molar-refractivity contribution >= 4 is 17.9 Å². The summed E-state index contributed by atoms with van der Waals surface area (Å²) in [6.45, 7) is 2.97. The SMILES string of the molecule is CC1=CCCN(C(=O)N[C@@H](CCC(N)=O)C(=O)O)C1. The van der Waals surface area contributed by atoms with Gasteiger partial charge < -0.3 is 21.1 Å². The Balaban J connectivity index is 2.53. The number of nitrogens with one attached hydrogen (secondary N) is 1. The van der Waals surface area contributed by atoms with E-state index in [1.54, 1.807) is 4.90 Å². The first-order valence-corrected chi connectivity index (χ1v) is 6.12. The van der Waals surface area contributed by atoms with Gasteiger partial charge in [-0.2, -0.15) is 0 Å². The Morgan fingerprint density at radius 1 is 1.53 bits per heavy atom. The Kier molecular flexibility index (Phi) is 5.35. The van der Waals surface area contributed by atoms with Crippen molar-refractivity contribution in [3.8, 4) is 0 Å². The third-order valence-electron chi connectivity index (χ3n) is 2.89. The molecule has 0 fully saturated rings. The summed E-state index contributed by atoms with van der Waals surface area (Å²) in [6, 6.07) is -1.52. The molecule has 0 spiro atoms. The first-order valence-electron chi connectivity index (χ1n) is 6.12. The highest BCUT2D eigenvalue weighted by atomic mass is 16.4. The molecular weight excluding hydrogens is 250 g/mol. The van der Waals surface area contributed by atoms with E-state index in [1.807, 2.05) is 13.0 Å². The lowest BCUT2D eigenvalue weighted by Gasteiger charge is -2.27. The van der Waals surface area contributed by atoms with Crippen LogP contribution in [0.4, 0.5) is 4.79 Å². The molecule has 1 rings (SSSR count). The Labute approximate surface area is 111 Å². The molecule has 0 aliphatic carbocycles. The van der Waals surface area contributed by atoms with E-state index in [1.165, 1.54) is 0 Å². The van der Waals surface area contributed by atoms with Crippen LogP contribution in [0, 0.1) is 0 Å². The predicted molar refractivity (Wildman–Crippen MR) is 68.3 cm³/mol. The van der Waals surface area contributed by atoms with E-state index < -0.39 is 23.9 Å². The highest BCUT2D eigenvalue weighted by Gasteiger charge is 2.24. The molecule has 7 heteroatoms. The monoisotopic (exact) mass is 269 g/mol. The van der Waals surface area contributed by atoms with E-state index in [9.17, 15) is 14.4 Å². The number of amides is 3. The normalized spacial score (nSPS) is 16.5. The lowest BCUT2D eigenvalue weighted by molar-refractivity contribution is -0.139. The third kappa shape index (κ3) is 4.99. The lowest BCUT2D eigenvalue weighted by Crippen LogP contribution is -2.49. The van der Waals surface area contributed by atoms with E-state index in [2.05, 4.69) is 5.32 Å². The van der Waals surface area contributed by atoms with Gasteiger partial charge in [-0.05, 0) is 19.8 Å². The molecule has 1 heterocycles. The smallest absolute Gasteiger partial charge is 0.326 e. The van der Waals surface area contributed by atoms with Gasteiger partial charge in [0, 0.05) is 19.5 Å². The highest BCUT2D eigenvalue weighted by molar-refractivity contribution is 5.83. The number of aliphatic carboxylic acids is 1. The number of carboxylic acids is 1. The van der Waals surface area contributed by atoms with Gasteiger partial charge in [-0.1, -0.05) is 11.6 Å². The number of nitrogens with zero attached hydrogens (tertiary/aromatic N) is 1. The molecule has 1 atom stereocenters. The predicted octanol–water partition coefficient (Wildman–Crippen LogP) is 0.0667. The number of carbonyl (C=O) groups is 3. The summed E-state index contributed by atoms with van der Waals surface area (Å²) in [4.78, 5) is 35.1. The molecule has 0 saturated carbocycles. The topological polar surface area (TPSA) is 113 Å². The summed E-state index contributed by atoms with van der Waals surface area (Å²) >= 11 is 0. The minimum atomic E-state index is -1.17. The van der Waals surface area contributed by atoms with E-state index in [-0.39, 0.29) is 12.8 Å². The standard InChI is InChI=1S/C12H19N3O4/c1-8-3-2-6-15(7-8)12(19)14-9(11(17)18)4-5-10(13)16/h3,9H,2,4-7H2,1H3,(H2,13,16)(H,14,19)(H,17,18)/t9-/m0/s1. The molecule has 1 aliphatic rings. The molecule has 1 aliphatic heterocycles. The first kappa shape index (κ1) is 15.0. The fourth-order valence-corrected chi connectivity index (χ4v) is 1.87. The Bertz CT molecular complexity index is 406. The fourth-order valence-electron chi connectivity index (χ4n) is 1.87. The number of rotatable bonds is 5. The zero-order valence-electron chi connectivity index (χ0n) is 10.9. The summed E-state index contributed by atoms with van der Waals surface area (Å²) in [7, 11) is 0. The van der Waals surface area contributed by atoms with Gasteiger partial charge in [0.15, 0.2) is 0 Å².